The summed E-state index contributed by atoms with van der Waals surface area (Å²) in [6.07, 6.45) is 0.563. The predicted octanol–water partition coefficient (Wildman–Crippen LogP) is 3.35. The molecule has 2 aromatic rings. The summed E-state index contributed by atoms with van der Waals surface area (Å²) < 4.78 is 13.0. The highest BCUT2D eigenvalue weighted by Gasteiger charge is 2.06. The lowest BCUT2D eigenvalue weighted by Crippen LogP contribution is -2.42. The van der Waals surface area contributed by atoms with E-state index in [0.717, 1.165) is 10.5 Å². The van der Waals surface area contributed by atoms with Gasteiger partial charge in [0.05, 0.1) is 5.75 Å². The van der Waals surface area contributed by atoms with Crippen LogP contribution in [0.15, 0.2) is 53.4 Å². The SMILES string of the molecule is O=C(CCc1cccc(F)c1)NNC(=O)CSc1ccc(Cl)cc1. The lowest BCUT2D eigenvalue weighted by atomic mass is 10.1. The molecule has 0 saturated heterocycles. The first-order valence-electron chi connectivity index (χ1n) is 7.23. The van der Waals surface area contributed by atoms with Crippen LogP contribution in [0.3, 0.4) is 0 Å². The minimum Gasteiger partial charge on any atom is -0.273 e. The number of nitrogens with one attached hydrogen (secondary N) is 2. The van der Waals surface area contributed by atoms with Crippen LogP contribution in [-0.2, 0) is 16.0 Å². The monoisotopic (exact) mass is 366 g/mol. The van der Waals surface area contributed by atoms with Crippen LogP contribution in [-0.4, -0.2) is 17.6 Å². The zero-order valence-electron chi connectivity index (χ0n) is 12.7. The van der Waals surface area contributed by atoms with Gasteiger partial charge in [-0.15, -0.1) is 11.8 Å². The first kappa shape index (κ1) is 18.3. The Morgan fingerprint density at radius 2 is 1.75 bits per heavy atom. The van der Waals surface area contributed by atoms with Gasteiger partial charge in [0.15, 0.2) is 0 Å². The predicted molar refractivity (Wildman–Crippen MR) is 93.2 cm³/mol. The average molecular weight is 367 g/mol. The largest absolute Gasteiger partial charge is 0.273 e. The van der Waals surface area contributed by atoms with Crippen LogP contribution in [0.5, 0.6) is 0 Å². The number of amides is 2. The third-order valence-corrected chi connectivity index (χ3v) is 4.32. The van der Waals surface area contributed by atoms with Crippen molar-refractivity contribution in [2.45, 2.75) is 17.7 Å². The normalized spacial score (nSPS) is 10.2. The van der Waals surface area contributed by atoms with Crippen molar-refractivity contribution in [1.29, 1.82) is 0 Å². The van der Waals surface area contributed by atoms with E-state index in [1.165, 1.54) is 23.9 Å². The van der Waals surface area contributed by atoms with E-state index in [-0.39, 0.29) is 29.8 Å². The number of rotatable bonds is 6. The summed E-state index contributed by atoms with van der Waals surface area (Å²) >= 11 is 7.12. The average Bonchev–Trinajstić information content (AvgIpc) is 2.57. The Balaban J connectivity index is 1.65. The highest BCUT2D eigenvalue weighted by molar-refractivity contribution is 8.00. The molecule has 2 N–H and O–H groups in total. The number of hydrogen-bond acceptors (Lipinski definition) is 3. The van der Waals surface area contributed by atoms with Crippen LogP contribution in [0.4, 0.5) is 4.39 Å². The molecule has 0 saturated carbocycles. The molecule has 0 aromatic heterocycles. The van der Waals surface area contributed by atoms with Gasteiger partial charge in [0.25, 0.3) is 0 Å². The first-order valence-corrected chi connectivity index (χ1v) is 8.60. The van der Waals surface area contributed by atoms with Crippen LogP contribution >= 0.6 is 23.4 Å². The second-order valence-electron chi connectivity index (χ2n) is 4.97. The van der Waals surface area contributed by atoms with Crippen LogP contribution < -0.4 is 10.9 Å². The van der Waals surface area contributed by atoms with Crippen LogP contribution in [0, 0.1) is 5.82 Å². The van der Waals surface area contributed by atoms with Gasteiger partial charge in [-0.1, -0.05) is 23.7 Å². The first-order chi connectivity index (χ1) is 11.5. The van der Waals surface area contributed by atoms with Crippen molar-refractivity contribution >= 4 is 35.2 Å². The molecule has 0 fully saturated rings. The molecule has 126 valence electrons. The van der Waals surface area contributed by atoms with Crippen molar-refractivity contribution in [2.75, 3.05) is 5.75 Å². The molecular formula is C17H16ClFN2O2S. The van der Waals surface area contributed by atoms with Gasteiger partial charge in [-0.25, -0.2) is 4.39 Å². The second kappa shape index (κ2) is 9.30. The number of hydrazine groups is 1. The number of benzene rings is 2. The Hall–Kier alpha value is -2.05. The summed E-state index contributed by atoms with van der Waals surface area (Å²) in [4.78, 5) is 24.3. The summed E-state index contributed by atoms with van der Waals surface area (Å²) in [5.41, 5.74) is 5.43. The summed E-state index contributed by atoms with van der Waals surface area (Å²) in [7, 11) is 0. The molecule has 2 aromatic carbocycles. The lowest BCUT2D eigenvalue weighted by Gasteiger charge is -2.07. The Morgan fingerprint density at radius 3 is 2.46 bits per heavy atom. The third kappa shape index (κ3) is 6.60. The van der Waals surface area contributed by atoms with E-state index in [0.29, 0.717) is 11.4 Å². The molecule has 2 rings (SSSR count). The Kier molecular flexibility index (Phi) is 7.08. The Labute approximate surface area is 148 Å². The standard InChI is InChI=1S/C17H16ClFN2O2S/c18-13-5-7-15(8-6-13)24-11-17(23)21-20-16(22)9-4-12-2-1-3-14(19)10-12/h1-3,5-8,10H,4,9,11H2,(H,20,22)(H,21,23). The Morgan fingerprint density at radius 1 is 1.04 bits per heavy atom. The fourth-order valence-electron chi connectivity index (χ4n) is 1.87. The molecule has 4 nitrogen and oxygen atoms in total. The molecular weight excluding hydrogens is 351 g/mol. The van der Waals surface area contributed by atoms with E-state index in [2.05, 4.69) is 10.9 Å². The number of hydrogen-bond donors (Lipinski definition) is 2. The topological polar surface area (TPSA) is 58.2 Å². The molecule has 0 aliphatic heterocycles. The van der Waals surface area contributed by atoms with E-state index >= 15 is 0 Å². The summed E-state index contributed by atoms with van der Waals surface area (Å²) in [5.74, 6) is -0.801. The van der Waals surface area contributed by atoms with Gasteiger partial charge in [0.1, 0.15) is 5.82 Å². The van der Waals surface area contributed by atoms with Crippen molar-refractivity contribution in [2.24, 2.45) is 0 Å². The van der Waals surface area contributed by atoms with Crippen molar-refractivity contribution in [3.05, 3.63) is 64.9 Å². The van der Waals surface area contributed by atoms with Crippen LogP contribution in [0.2, 0.25) is 5.02 Å². The highest BCUT2D eigenvalue weighted by Crippen LogP contribution is 2.19. The maximum Gasteiger partial charge on any atom is 0.248 e. The minimum atomic E-state index is -0.333. The summed E-state index contributed by atoms with van der Waals surface area (Å²) in [5, 5.41) is 0.634. The fraction of sp³-hybridized carbons (Fsp3) is 0.176. The molecule has 2 amide bonds. The van der Waals surface area contributed by atoms with Gasteiger partial charge >= 0.3 is 0 Å². The van der Waals surface area contributed by atoms with Crippen LogP contribution in [0.1, 0.15) is 12.0 Å². The molecule has 0 aliphatic carbocycles. The van der Waals surface area contributed by atoms with E-state index in [1.54, 1.807) is 24.3 Å². The minimum absolute atomic E-state index is 0.161. The van der Waals surface area contributed by atoms with Crippen molar-refractivity contribution in [1.82, 2.24) is 10.9 Å². The van der Waals surface area contributed by atoms with Gasteiger partial charge < -0.3 is 0 Å². The lowest BCUT2D eigenvalue weighted by molar-refractivity contribution is -0.127. The van der Waals surface area contributed by atoms with E-state index < -0.39 is 0 Å². The smallest absolute Gasteiger partial charge is 0.248 e. The van der Waals surface area contributed by atoms with Crippen molar-refractivity contribution in [3.8, 4) is 0 Å². The van der Waals surface area contributed by atoms with Crippen molar-refractivity contribution in [3.63, 3.8) is 0 Å². The second-order valence-corrected chi connectivity index (χ2v) is 6.45. The van der Waals surface area contributed by atoms with E-state index in [1.807, 2.05) is 12.1 Å². The molecule has 0 radical (unpaired) electrons. The molecule has 0 atom stereocenters. The molecule has 0 spiro atoms. The molecule has 0 heterocycles. The molecule has 0 unspecified atom stereocenters. The molecule has 7 heteroatoms. The van der Waals surface area contributed by atoms with Gasteiger partial charge in [-0.05, 0) is 48.4 Å². The number of carbonyl (C=O) groups is 2. The summed E-state index contributed by atoms with van der Waals surface area (Å²) in [6, 6.07) is 13.2. The van der Waals surface area contributed by atoms with E-state index in [9.17, 15) is 14.0 Å². The Bertz CT molecular complexity index is 710. The van der Waals surface area contributed by atoms with Gasteiger partial charge in [-0.3, -0.25) is 20.4 Å². The van der Waals surface area contributed by atoms with Gasteiger partial charge in [0.2, 0.25) is 11.8 Å². The number of halogens is 2. The number of thioether (sulfide) groups is 1. The van der Waals surface area contributed by atoms with Gasteiger partial charge in [-0.2, -0.15) is 0 Å². The number of aryl methyl sites for hydroxylation is 1. The van der Waals surface area contributed by atoms with Crippen LogP contribution in [0.25, 0.3) is 0 Å². The summed E-state index contributed by atoms with van der Waals surface area (Å²) in [6.45, 7) is 0. The zero-order chi connectivity index (χ0) is 17.4. The van der Waals surface area contributed by atoms with Crippen molar-refractivity contribution < 1.29 is 14.0 Å². The third-order valence-electron chi connectivity index (χ3n) is 3.05. The molecule has 0 bridgehead atoms. The van der Waals surface area contributed by atoms with E-state index in [4.69, 9.17) is 11.6 Å². The molecule has 0 aliphatic rings. The molecule has 24 heavy (non-hydrogen) atoms. The highest BCUT2D eigenvalue weighted by atomic mass is 35.5. The maximum absolute atomic E-state index is 13.0. The van der Waals surface area contributed by atoms with Gasteiger partial charge in [0, 0.05) is 16.3 Å². The zero-order valence-corrected chi connectivity index (χ0v) is 14.3. The quantitative estimate of drug-likeness (QED) is 0.609. The maximum atomic E-state index is 13.0. The fourth-order valence-corrected chi connectivity index (χ4v) is 2.69. The number of carbonyl (C=O) groups excluding carboxylic acids is 2.